The molecule has 0 aliphatic carbocycles. The van der Waals surface area contributed by atoms with Crippen molar-refractivity contribution in [2.24, 2.45) is 0 Å². The molecule has 6 heteroatoms. The number of aryl methyl sites for hydroxylation is 1. The van der Waals surface area contributed by atoms with Crippen LogP contribution in [0.4, 0.5) is 0 Å². The van der Waals surface area contributed by atoms with E-state index in [0.717, 1.165) is 37.2 Å². The maximum atomic E-state index is 12.1. The Bertz CT molecular complexity index is 384. The smallest absolute Gasteiger partial charge is 0.275 e. The minimum atomic E-state index is 0.0144. The number of aromatic nitrogens is 2. The van der Waals surface area contributed by atoms with Crippen LogP contribution in [0.3, 0.4) is 0 Å². The maximum absolute atomic E-state index is 12.1. The Morgan fingerprint density at radius 2 is 2.25 bits per heavy atom. The molecule has 16 heavy (non-hydrogen) atoms. The topological polar surface area (TPSA) is 50.2 Å². The molecule has 0 unspecified atom stereocenters. The third-order valence-electron chi connectivity index (χ3n) is 2.65. The summed E-state index contributed by atoms with van der Waals surface area (Å²) >= 11 is 3.38. The van der Waals surface area contributed by atoms with Crippen molar-refractivity contribution >= 4 is 21.8 Å². The van der Waals surface area contributed by atoms with Gasteiger partial charge in [0.1, 0.15) is 0 Å². The molecule has 2 rings (SSSR count). The zero-order valence-corrected chi connectivity index (χ0v) is 10.8. The van der Waals surface area contributed by atoms with Crippen LogP contribution in [0.15, 0.2) is 10.7 Å². The summed E-state index contributed by atoms with van der Waals surface area (Å²) in [7, 11) is 0. The molecule has 0 saturated carbocycles. The van der Waals surface area contributed by atoms with E-state index in [0.29, 0.717) is 5.69 Å². The van der Waals surface area contributed by atoms with E-state index in [9.17, 15) is 4.79 Å². The van der Waals surface area contributed by atoms with Crippen molar-refractivity contribution in [3.05, 3.63) is 16.4 Å². The normalized spacial score (nSPS) is 16.5. The maximum Gasteiger partial charge on any atom is 0.275 e. The van der Waals surface area contributed by atoms with E-state index >= 15 is 0 Å². The number of rotatable bonds is 2. The summed E-state index contributed by atoms with van der Waals surface area (Å²) in [5, 5.41) is 7.48. The molecular formula is C10H15BrN4O. The molecular weight excluding hydrogens is 272 g/mol. The average molecular weight is 287 g/mol. The van der Waals surface area contributed by atoms with Gasteiger partial charge in [0.2, 0.25) is 0 Å². The first-order chi connectivity index (χ1) is 7.72. The molecule has 88 valence electrons. The van der Waals surface area contributed by atoms with Gasteiger partial charge in [0.05, 0.1) is 4.47 Å². The van der Waals surface area contributed by atoms with Crippen molar-refractivity contribution in [1.29, 1.82) is 0 Å². The molecule has 2 heterocycles. The number of amides is 1. The summed E-state index contributed by atoms with van der Waals surface area (Å²) in [6.45, 7) is 6.00. The lowest BCUT2D eigenvalue weighted by molar-refractivity contribution is 0.0728. The van der Waals surface area contributed by atoms with Gasteiger partial charge in [0.15, 0.2) is 5.69 Å². The first kappa shape index (κ1) is 11.6. The van der Waals surface area contributed by atoms with Crippen LogP contribution in [0.25, 0.3) is 0 Å². The fourth-order valence-electron chi connectivity index (χ4n) is 1.72. The minimum Gasteiger partial charge on any atom is -0.335 e. The number of carbonyl (C=O) groups is 1. The number of nitrogens with zero attached hydrogens (tertiary/aromatic N) is 3. The van der Waals surface area contributed by atoms with Crippen molar-refractivity contribution in [2.75, 3.05) is 26.2 Å². The van der Waals surface area contributed by atoms with Gasteiger partial charge in [0.25, 0.3) is 5.91 Å². The highest BCUT2D eigenvalue weighted by atomic mass is 79.9. The summed E-state index contributed by atoms with van der Waals surface area (Å²) in [5.41, 5.74) is 0.517. The van der Waals surface area contributed by atoms with E-state index in [4.69, 9.17) is 0 Å². The van der Waals surface area contributed by atoms with Crippen LogP contribution in [0, 0.1) is 0 Å². The molecule has 1 aliphatic heterocycles. The van der Waals surface area contributed by atoms with Crippen molar-refractivity contribution in [2.45, 2.75) is 13.5 Å². The van der Waals surface area contributed by atoms with Crippen molar-refractivity contribution in [3.8, 4) is 0 Å². The second kappa shape index (κ2) is 4.97. The van der Waals surface area contributed by atoms with E-state index in [1.165, 1.54) is 0 Å². The molecule has 0 radical (unpaired) electrons. The quantitative estimate of drug-likeness (QED) is 0.871. The summed E-state index contributed by atoms with van der Waals surface area (Å²) in [6.07, 6.45) is 1.84. The minimum absolute atomic E-state index is 0.0144. The van der Waals surface area contributed by atoms with E-state index in [1.807, 2.05) is 18.0 Å². The van der Waals surface area contributed by atoms with Crippen LogP contribution in [0.2, 0.25) is 0 Å². The Morgan fingerprint density at radius 1 is 1.56 bits per heavy atom. The van der Waals surface area contributed by atoms with Crippen LogP contribution >= 0.6 is 15.9 Å². The highest BCUT2D eigenvalue weighted by Gasteiger charge is 2.22. The highest BCUT2D eigenvalue weighted by molar-refractivity contribution is 9.10. The van der Waals surface area contributed by atoms with E-state index in [1.54, 1.807) is 4.68 Å². The molecule has 0 bridgehead atoms. The molecule has 1 fully saturated rings. The molecule has 1 aromatic heterocycles. The number of hydrogen-bond acceptors (Lipinski definition) is 3. The Balaban J connectivity index is 2.15. The van der Waals surface area contributed by atoms with Gasteiger partial charge >= 0.3 is 0 Å². The Kier molecular flexibility index (Phi) is 3.60. The first-order valence-corrected chi connectivity index (χ1v) is 6.24. The van der Waals surface area contributed by atoms with E-state index < -0.39 is 0 Å². The molecule has 0 atom stereocenters. The predicted molar refractivity (Wildman–Crippen MR) is 64.4 cm³/mol. The van der Waals surface area contributed by atoms with Gasteiger partial charge in [-0.2, -0.15) is 5.10 Å². The lowest BCUT2D eigenvalue weighted by atomic mass is 10.3. The van der Waals surface area contributed by atoms with Gasteiger partial charge in [-0.25, -0.2) is 0 Å². The molecule has 0 aromatic carbocycles. The first-order valence-electron chi connectivity index (χ1n) is 5.45. The molecule has 1 saturated heterocycles. The second-order valence-electron chi connectivity index (χ2n) is 3.72. The Hall–Kier alpha value is -0.880. The monoisotopic (exact) mass is 286 g/mol. The highest BCUT2D eigenvalue weighted by Crippen LogP contribution is 2.17. The molecule has 0 spiro atoms. The Labute approximate surface area is 103 Å². The lowest BCUT2D eigenvalue weighted by Crippen LogP contribution is -2.46. The Morgan fingerprint density at radius 3 is 2.81 bits per heavy atom. The van der Waals surface area contributed by atoms with E-state index in [2.05, 4.69) is 26.3 Å². The van der Waals surface area contributed by atoms with Gasteiger partial charge in [-0.05, 0) is 22.9 Å². The lowest BCUT2D eigenvalue weighted by Gasteiger charge is -2.26. The van der Waals surface area contributed by atoms with E-state index in [-0.39, 0.29) is 5.91 Å². The molecule has 1 aliphatic rings. The second-order valence-corrected chi connectivity index (χ2v) is 4.58. The molecule has 5 nitrogen and oxygen atoms in total. The summed E-state index contributed by atoms with van der Waals surface area (Å²) in [4.78, 5) is 14.0. The molecule has 1 amide bonds. The van der Waals surface area contributed by atoms with Gasteiger partial charge < -0.3 is 10.2 Å². The van der Waals surface area contributed by atoms with Crippen LogP contribution < -0.4 is 5.32 Å². The van der Waals surface area contributed by atoms with Gasteiger partial charge in [-0.3, -0.25) is 9.48 Å². The van der Waals surface area contributed by atoms with Crippen LogP contribution in [-0.4, -0.2) is 46.8 Å². The average Bonchev–Trinajstić information content (AvgIpc) is 2.71. The summed E-state index contributed by atoms with van der Waals surface area (Å²) in [5.74, 6) is 0.0144. The predicted octanol–water partition coefficient (Wildman–Crippen LogP) is 0.711. The van der Waals surface area contributed by atoms with Crippen LogP contribution in [0.5, 0.6) is 0 Å². The number of nitrogens with one attached hydrogen (secondary N) is 1. The summed E-state index contributed by atoms with van der Waals surface area (Å²) in [6, 6.07) is 0. The van der Waals surface area contributed by atoms with Gasteiger partial charge in [-0.15, -0.1) is 0 Å². The van der Waals surface area contributed by atoms with Crippen LogP contribution in [-0.2, 0) is 6.54 Å². The fourth-order valence-corrected chi connectivity index (χ4v) is 2.21. The van der Waals surface area contributed by atoms with Crippen molar-refractivity contribution in [1.82, 2.24) is 20.0 Å². The fraction of sp³-hybridized carbons (Fsp3) is 0.600. The van der Waals surface area contributed by atoms with Crippen LogP contribution in [0.1, 0.15) is 17.4 Å². The third kappa shape index (κ3) is 2.27. The largest absolute Gasteiger partial charge is 0.335 e. The van der Waals surface area contributed by atoms with Gasteiger partial charge in [0, 0.05) is 38.9 Å². The molecule has 1 aromatic rings. The number of halogens is 1. The zero-order chi connectivity index (χ0) is 11.5. The van der Waals surface area contributed by atoms with Crippen molar-refractivity contribution in [3.63, 3.8) is 0 Å². The number of carbonyl (C=O) groups excluding carboxylic acids is 1. The van der Waals surface area contributed by atoms with Crippen molar-refractivity contribution < 1.29 is 4.79 Å². The summed E-state index contributed by atoms with van der Waals surface area (Å²) < 4.78 is 2.54. The van der Waals surface area contributed by atoms with Gasteiger partial charge in [-0.1, -0.05) is 0 Å². The number of hydrogen-bond donors (Lipinski definition) is 1. The third-order valence-corrected chi connectivity index (χ3v) is 3.23. The number of piperazine rings is 1. The molecule has 1 N–H and O–H groups in total. The zero-order valence-electron chi connectivity index (χ0n) is 9.24. The SMILES string of the molecule is CCn1cc(Br)c(C(=O)N2CCNCC2)n1. The standard InChI is InChI=1S/C10H15BrN4O/c1-2-15-7-8(11)9(13-15)10(16)14-5-3-12-4-6-14/h7,12H,2-6H2,1H3.